The highest BCUT2D eigenvalue weighted by atomic mass is 16.5. The summed E-state index contributed by atoms with van der Waals surface area (Å²) < 4.78 is 2.04. The number of aliphatic hydroxyl groups excluding tert-OH is 1. The van der Waals surface area contributed by atoms with Gasteiger partial charge in [-0.15, -0.1) is 0 Å². The minimum absolute atomic E-state index is 0.106. The zero-order valence-electron chi connectivity index (χ0n) is 17.7. The van der Waals surface area contributed by atoms with Crippen LogP contribution in [0.3, 0.4) is 0 Å². The van der Waals surface area contributed by atoms with Gasteiger partial charge in [0.1, 0.15) is 11.3 Å². The highest BCUT2D eigenvalue weighted by Crippen LogP contribution is 2.19. The Morgan fingerprint density at radius 1 is 1.28 bits per heavy atom. The maximum absolute atomic E-state index is 11.1. The lowest BCUT2D eigenvalue weighted by atomic mass is 10.1. The molecule has 3 N–H and O–H groups in total. The molecule has 158 valence electrons. The first-order valence-corrected chi connectivity index (χ1v) is 9.99. The molecule has 0 saturated carbocycles. The second kappa shape index (κ2) is 13.4. The van der Waals surface area contributed by atoms with Crippen LogP contribution in [0.1, 0.15) is 51.9 Å². The van der Waals surface area contributed by atoms with Crippen LogP contribution in [0, 0.1) is 0 Å². The van der Waals surface area contributed by atoms with E-state index in [4.69, 9.17) is 10.2 Å². The summed E-state index contributed by atoms with van der Waals surface area (Å²) in [7, 11) is 0. The Bertz CT molecular complexity index is 866. The summed E-state index contributed by atoms with van der Waals surface area (Å²) in [6.07, 6.45) is 12.9. The molecular weight excluding hydrogens is 368 g/mol. The Hall–Kier alpha value is -2.77. The Morgan fingerprint density at radius 2 is 2.03 bits per heavy atom. The fraction of sp³-hybridized carbons (Fsp3) is 0.409. The molecule has 2 rings (SSSR count). The van der Waals surface area contributed by atoms with E-state index in [1.54, 1.807) is 17.8 Å². The van der Waals surface area contributed by atoms with Crippen molar-refractivity contribution in [1.29, 1.82) is 0 Å². The standard InChI is InChI=1S/C20H26N4O3.C2H6/c1-3-6-15(4-2)7-9-18-22-17-13-16(8-10-19(26)23-27)14-21-20(17)24(18)11-5-12-25;1-2/h3-4,6,8,10,13-14,25,27H,5,7,9,11-12H2,1-2H3,(H,23,26);1-2H3/b6-3-,10-8+,15-4+;. The van der Waals surface area contributed by atoms with Crippen molar-refractivity contribution in [2.45, 2.75) is 53.5 Å². The number of allylic oxidation sites excluding steroid dienone is 4. The summed E-state index contributed by atoms with van der Waals surface area (Å²) in [4.78, 5) is 20.3. The normalized spacial score (nSPS) is 11.9. The van der Waals surface area contributed by atoms with E-state index in [9.17, 15) is 9.90 Å². The van der Waals surface area contributed by atoms with E-state index < -0.39 is 5.91 Å². The predicted octanol–water partition coefficient (Wildman–Crippen LogP) is 3.81. The fourth-order valence-electron chi connectivity index (χ4n) is 2.82. The number of imidazole rings is 1. The van der Waals surface area contributed by atoms with Crippen molar-refractivity contribution in [3.63, 3.8) is 0 Å². The summed E-state index contributed by atoms with van der Waals surface area (Å²) in [6, 6.07) is 1.85. The van der Waals surface area contributed by atoms with E-state index in [0.717, 1.165) is 29.8 Å². The Balaban J connectivity index is 0.00000204. The Labute approximate surface area is 172 Å². The monoisotopic (exact) mass is 400 g/mol. The lowest BCUT2D eigenvalue weighted by Crippen LogP contribution is -2.14. The molecule has 0 bridgehead atoms. The molecule has 29 heavy (non-hydrogen) atoms. The van der Waals surface area contributed by atoms with Crippen LogP contribution in [0.4, 0.5) is 0 Å². The van der Waals surface area contributed by atoms with Gasteiger partial charge < -0.3 is 9.67 Å². The van der Waals surface area contributed by atoms with Crippen LogP contribution in [0.5, 0.6) is 0 Å². The average molecular weight is 401 g/mol. The quantitative estimate of drug-likeness (QED) is 0.257. The van der Waals surface area contributed by atoms with Gasteiger partial charge in [-0.2, -0.15) is 0 Å². The largest absolute Gasteiger partial charge is 0.396 e. The zero-order chi connectivity index (χ0) is 21.6. The van der Waals surface area contributed by atoms with Crippen LogP contribution in [0.15, 0.2) is 42.1 Å². The van der Waals surface area contributed by atoms with E-state index in [1.807, 2.05) is 44.4 Å². The molecule has 0 radical (unpaired) electrons. The number of pyridine rings is 1. The topological polar surface area (TPSA) is 100 Å². The Morgan fingerprint density at radius 3 is 2.66 bits per heavy atom. The Kier molecular flexibility index (Phi) is 11.2. The van der Waals surface area contributed by atoms with Gasteiger partial charge in [0.05, 0.1) is 0 Å². The van der Waals surface area contributed by atoms with Gasteiger partial charge in [-0.1, -0.05) is 37.6 Å². The van der Waals surface area contributed by atoms with Gasteiger partial charge in [-0.05, 0) is 44.4 Å². The maximum Gasteiger partial charge on any atom is 0.267 e. The summed E-state index contributed by atoms with van der Waals surface area (Å²) >= 11 is 0. The molecule has 7 heteroatoms. The number of carbonyl (C=O) groups excluding carboxylic acids is 1. The molecule has 2 aromatic heterocycles. The number of hydrogen-bond acceptors (Lipinski definition) is 5. The molecule has 0 atom stereocenters. The number of amides is 1. The number of nitrogens with zero attached hydrogens (tertiary/aromatic N) is 3. The van der Waals surface area contributed by atoms with Gasteiger partial charge in [0.2, 0.25) is 0 Å². The van der Waals surface area contributed by atoms with Crippen LogP contribution in [-0.2, 0) is 17.8 Å². The SMILES string of the molecule is C/C=C\C(=C/C)CCc1nc2cc(/C=C/C(=O)NO)cnc2n1CCCO.CC. The third-order valence-corrected chi connectivity index (χ3v) is 4.15. The van der Waals surface area contributed by atoms with Gasteiger partial charge >= 0.3 is 0 Å². The number of carbonyl (C=O) groups is 1. The van der Waals surface area contributed by atoms with Crippen LogP contribution < -0.4 is 5.48 Å². The third-order valence-electron chi connectivity index (χ3n) is 4.15. The number of fused-ring (bicyclic) bond motifs is 1. The molecule has 1 amide bonds. The molecule has 0 saturated heterocycles. The molecule has 0 fully saturated rings. The number of hydroxylamine groups is 1. The van der Waals surface area contributed by atoms with Gasteiger partial charge in [0.25, 0.3) is 5.91 Å². The van der Waals surface area contributed by atoms with Crippen molar-refractivity contribution < 1.29 is 15.1 Å². The molecule has 0 aliphatic carbocycles. The first-order chi connectivity index (χ1) is 14.1. The number of nitrogens with one attached hydrogen (secondary N) is 1. The van der Waals surface area contributed by atoms with E-state index in [2.05, 4.69) is 17.1 Å². The van der Waals surface area contributed by atoms with Crippen LogP contribution in [0.25, 0.3) is 17.2 Å². The van der Waals surface area contributed by atoms with Crippen LogP contribution in [-0.4, -0.2) is 37.4 Å². The second-order valence-electron chi connectivity index (χ2n) is 6.04. The van der Waals surface area contributed by atoms with Crippen molar-refractivity contribution >= 4 is 23.1 Å². The minimum Gasteiger partial charge on any atom is -0.396 e. The molecule has 0 aliphatic rings. The molecule has 0 aromatic carbocycles. The van der Waals surface area contributed by atoms with E-state index in [0.29, 0.717) is 18.5 Å². The van der Waals surface area contributed by atoms with Gasteiger partial charge in [0.15, 0.2) is 5.65 Å². The van der Waals surface area contributed by atoms with Crippen LogP contribution in [0.2, 0.25) is 0 Å². The van der Waals surface area contributed by atoms with Crippen molar-refractivity contribution in [1.82, 2.24) is 20.0 Å². The smallest absolute Gasteiger partial charge is 0.267 e. The highest BCUT2D eigenvalue weighted by Gasteiger charge is 2.12. The molecular formula is C22H32N4O3. The molecule has 2 aromatic rings. The predicted molar refractivity (Wildman–Crippen MR) is 116 cm³/mol. The fourth-order valence-corrected chi connectivity index (χ4v) is 2.82. The molecule has 2 heterocycles. The van der Waals surface area contributed by atoms with E-state index in [-0.39, 0.29) is 6.61 Å². The summed E-state index contributed by atoms with van der Waals surface area (Å²) in [5.74, 6) is 0.316. The third kappa shape index (κ3) is 7.29. The van der Waals surface area contributed by atoms with Crippen molar-refractivity contribution in [2.24, 2.45) is 0 Å². The summed E-state index contributed by atoms with van der Waals surface area (Å²) in [5.41, 5.74) is 5.01. The maximum atomic E-state index is 11.1. The number of aliphatic hydroxyl groups is 1. The van der Waals surface area contributed by atoms with Crippen molar-refractivity contribution in [2.75, 3.05) is 6.61 Å². The first-order valence-electron chi connectivity index (χ1n) is 9.99. The van der Waals surface area contributed by atoms with Crippen molar-refractivity contribution in [3.8, 4) is 0 Å². The van der Waals surface area contributed by atoms with Gasteiger partial charge in [-0.3, -0.25) is 10.0 Å². The zero-order valence-corrected chi connectivity index (χ0v) is 17.7. The van der Waals surface area contributed by atoms with Crippen molar-refractivity contribution in [3.05, 3.63) is 53.5 Å². The molecule has 0 aliphatic heterocycles. The number of aromatic nitrogens is 3. The summed E-state index contributed by atoms with van der Waals surface area (Å²) in [6.45, 7) is 8.77. The highest BCUT2D eigenvalue weighted by molar-refractivity contribution is 5.91. The number of hydrogen-bond donors (Lipinski definition) is 3. The average Bonchev–Trinajstić information content (AvgIpc) is 3.11. The number of rotatable bonds is 9. The molecule has 7 nitrogen and oxygen atoms in total. The van der Waals surface area contributed by atoms with Crippen LogP contribution >= 0.6 is 0 Å². The minimum atomic E-state index is -0.605. The molecule has 0 spiro atoms. The van der Waals surface area contributed by atoms with E-state index >= 15 is 0 Å². The molecule has 0 unspecified atom stereocenters. The van der Waals surface area contributed by atoms with Gasteiger partial charge in [0, 0.05) is 31.8 Å². The lowest BCUT2D eigenvalue weighted by Gasteiger charge is -2.08. The lowest BCUT2D eigenvalue weighted by molar-refractivity contribution is -0.124. The summed E-state index contributed by atoms with van der Waals surface area (Å²) in [5, 5.41) is 17.8. The van der Waals surface area contributed by atoms with Gasteiger partial charge in [-0.25, -0.2) is 15.4 Å². The second-order valence-corrected chi connectivity index (χ2v) is 6.04. The van der Waals surface area contributed by atoms with E-state index in [1.165, 1.54) is 11.6 Å². The first kappa shape index (κ1) is 24.3. The number of aryl methyl sites for hydroxylation is 2.